The molecule has 4 aliphatic carbocycles. The van der Waals surface area contributed by atoms with E-state index in [4.69, 9.17) is 0 Å². The Morgan fingerprint density at radius 3 is 2.67 bits per heavy atom. The van der Waals surface area contributed by atoms with Gasteiger partial charge in [0.1, 0.15) is 6.29 Å². The molecule has 0 radical (unpaired) electrons. The van der Waals surface area contributed by atoms with Crippen molar-refractivity contribution >= 4 is 6.29 Å². The minimum Gasteiger partial charge on any atom is -0.303 e. The number of fused-ring (bicyclic) bond motifs is 2. The van der Waals surface area contributed by atoms with Gasteiger partial charge < -0.3 is 4.79 Å². The summed E-state index contributed by atoms with van der Waals surface area (Å²) in [5.74, 6) is 4.78. The summed E-state index contributed by atoms with van der Waals surface area (Å²) in [7, 11) is 0. The second-order valence-electron chi connectivity index (χ2n) is 9.06. The molecule has 4 saturated carbocycles. The fourth-order valence-electron chi connectivity index (χ4n) is 7.64. The molecule has 0 saturated heterocycles. The van der Waals surface area contributed by atoms with Crippen molar-refractivity contribution in [3.05, 3.63) is 0 Å². The Hall–Kier alpha value is -0.330. The Morgan fingerprint density at radius 1 is 1.10 bits per heavy atom. The van der Waals surface area contributed by atoms with E-state index in [0.29, 0.717) is 11.3 Å². The molecule has 4 aliphatic rings. The van der Waals surface area contributed by atoms with E-state index in [0.717, 1.165) is 35.5 Å². The van der Waals surface area contributed by atoms with Gasteiger partial charge in [0.05, 0.1) is 0 Å². The Bertz CT molecular complexity index is 430. The number of rotatable bonds is 4. The smallest absolute Gasteiger partial charge is 0.120 e. The van der Waals surface area contributed by atoms with Gasteiger partial charge in [-0.2, -0.15) is 0 Å². The topological polar surface area (TPSA) is 17.1 Å². The van der Waals surface area contributed by atoms with Crippen molar-refractivity contribution < 1.29 is 4.79 Å². The number of carbonyl (C=O) groups is 1. The Morgan fingerprint density at radius 2 is 1.95 bits per heavy atom. The lowest BCUT2D eigenvalue weighted by atomic mass is 9.48. The first-order chi connectivity index (χ1) is 10.2. The van der Waals surface area contributed by atoms with Crippen LogP contribution in [-0.4, -0.2) is 6.29 Å². The van der Waals surface area contributed by atoms with Crippen molar-refractivity contribution in [2.45, 2.75) is 78.1 Å². The van der Waals surface area contributed by atoms with Crippen LogP contribution in [0.15, 0.2) is 0 Å². The number of hydrogen-bond acceptors (Lipinski definition) is 1. The lowest BCUT2D eigenvalue weighted by Gasteiger charge is -2.57. The van der Waals surface area contributed by atoms with Crippen LogP contribution in [0, 0.1) is 40.4 Å². The van der Waals surface area contributed by atoms with Crippen LogP contribution in [0.2, 0.25) is 0 Å². The van der Waals surface area contributed by atoms with Gasteiger partial charge >= 0.3 is 0 Å². The molecule has 0 bridgehead atoms. The molecule has 7 unspecified atom stereocenters. The van der Waals surface area contributed by atoms with Crippen molar-refractivity contribution in [2.24, 2.45) is 40.4 Å². The highest BCUT2D eigenvalue weighted by atomic mass is 16.1. The van der Waals surface area contributed by atoms with Gasteiger partial charge in [-0.05, 0) is 91.8 Å². The van der Waals surface area contributed by atoms with Crippen molar-refractivity contribution in [3.63, 3.8) is 0 Å². The van der Waals surface area contributed by atoms with E-state index in [2.05, 4.69) is 13.8 Å². The average Bonchev–Trinajstić information content (AvgIpc) is 3.04. The maximum Gasteiger partial charge on any atom is 0.120 e. The van der Waals surface area contributed by atoms with Crippen LogP contribution in [0.1, 0.15) is 78.1 Å². The van der Waals surface area contributed by atoms with Crippen LogP contribution < -0.4 is 0 Å². The van der Waals surface area contributed by atoms with E-state index in [1.807, 2.05) is 0 Å². The van der Waals surface area contributed by atoms with Gasteiger partial charge in [0, 0.05) is 6.42 Å². The predicted molar refractivity (Wildman–Crippen MR) is 85.9 cm³/mol. The summed E-state index contributed by atoms with van der Waals surface area (Å²) >= 11 is 0. The lowest BCUT2D eigenvalue weighted by molar-refractivity contribution is -0.115. The Balaban J connectivity index is 1.62. The van der Waals surface area contributed by atoms with Gasteiger partial charge in [0.25, 0.3) is 0 Å². The van der Waals surface area contributed by atoms with Gasteiger partial charge in [-0.1, -0.05) is 20.3 Å². The van der Waals surface area contributed by atoms with E-state index in [1.54, 1.807) is 6.42 Å². The number of hydrogen-bond donors (Lipinski definition) is 0. The molecule has 4 rings (SSSR count). The minimum absolute atomic E-state index is 0.452. The van der Waals surface area contributed by atoms with Crippen LogP contribution in [0.4, 0.5) is 0 Å². The van der Waals surface area contributed by atoms with Gasteiger partial charge in [0.2, 0.25) is 0 Å². The fourth-order valence-corrected chi connectivity index (χ4v) is 7.64. The molecule has 118 valence electrons. The highest BCUT2D eigenvalue weighted by Gasteiger charge is 2.67. The van der Waals surface area contributed by atoms with Crippen molar-refractivity contribution in [1.82, 2.24) is 0 Å². The molecule has 1 spiro atoms. The molecular weight excluding hydrogens is 256 g/mol. The maximum absolute atomic E-state index is 11.2. The molecular formula is C20H32O. The van der Waals surface area contributed by atoms with Crippen molar-refractivity contribution in [2.75, 3.05) is 0 Å². The second kappa shape index (κ2) is 4.83. The SMILES string of the molecule is CCCC1(C)C(CC=O)CCC2C1CCC13CC1CCC23. The molecule has 0 aromatic rings. The Kier molecular flexibility index (Phi) is 3.28. The van der Waals surface area contributed by atoms with E-state index in [1.165, 1.54) is 57.7 Å². The third kappa shape index (κ3) is 1.85. The van der Waals surface area contributed by atoms with Crippen molar-refractivity contribution in [3.8, 4) is 0 Å². The van der Waals surface area contributed by atoms with Crippen LogP contribution in [0.25, 0.3) is 0 Å². The number of carbonyl (C=O) groups excluding carboxylic acids is 1. The molecule has 0 aromatic carbocycles. The summed E-state index contributed by atoms with van der Waals surface area (Å²) < 4.78 is 0. The molecule has 0 aliphatic heterocycles. The van der Waals surface area contributed by atoms with Crippen LogP contribution >= 0.6 is 0 Å². The van der Waals surface area contributed by atoms with Gasteiger partial charge in [-0.25, -0.2) is 0 Å². The van der Waals surface area contributed by atoms with E-state index < -0.39 is 0 Å². The van der Waals surface area contributed by atoms with Crippen molar-refractivity contribution in [1.29, 1.82) is 0 Å². The van der Waals surface area contributed by atoms with Gasteiger partial charge in [0.15, 0.2) is 0 Å². The fraction of sp³-hybridized carbons (Fsp3) is 0.950. The third-order valence-electron chi connectivity index (χ3n) is 8.60. The monoisotopic (exact) mass is 288 g/mol. The molecule has 0 aromatic heterocycles. The van der Waals surface area contributed by atoms with Crippen LogP contribution in [0.3, 0.4) is 0 Å². The molecule has 7 atom stereocenters. The molecule has 0 heterocycles. The summed E-state index contributed by atoms with van der Waals surface area (Å²) in [6.07, 6.45) is 15.1. The second-order valence-corrected chi connectivity index (χ2v) is 9.06. The van der Waals surface area contributed by atoms with E-state index in [-0.39, 0.29) is 0 Å². The molecule has 0 N–H and O–H groups in total. The normalized spacial score (nSPS) is 54.5. The zero-order valence-electron chi connectivity index (χ0n) is 13.9. The van der Waals surface area contributed by atoms with Gasteiger partial charge in [-0.3, -0.25) is 0 Å². The summed E-state index contributed by atoms with van der Waals surface area (Å²) in [6.45, 7) is 4.89. The van der Waals surface area contributed by atoms with E-state index >= 15 is 0 Å². The first-order valence-electron chi connectivity index (χ1n) is 9.59. The first kappa shape index (κ1) is 14.3. The average molecular weight is 288 g/mol. The predicted octanol–water partition coefficient (Wildman–Crippen LogP) is 5.23. The molecule has 4 fully saturated rings. The summed E-state index contributed by atoms with van der Waals surface area (Å²) in [4.78, 5) is 11.2. The zero-order chi connectivity index (χ0) is 14.7. The quantitative estimate of drug-likeness (QED) is 0.647. The zero-order valence-corrected chi connectivity index (χ0v) is 13.9. The molecule has 1 nitrogen and oxygen atoms in total. The largest absolute Gasteiger partial charge is 0.303 e. The highest BCUT2D eigenvalue weighted by Crippen LogP contribution is 2.76. The minimum atomic E-state index is 0.452. The molecule has 0 amide bonds. The summed E-state index contributed by atoms with van der Waals surface area (Å²) in [5, 5.41) is 0. The summed E-state index contributed by atoms with van der Waals surface area (Å²) in [6, 6.07) is 0. The first-order valence-corrected chi connectivity index (χ1v) is 9.59. The maximum atomic E-state index is 11.2. The standard InChI is InChI=1S/C20H32O/c1-3-10-19(2)14(9-12-21)4-6-16-17(19)8-11-20-13-15(20)5-7-18(16)20/h12,14-18H,3-11,13H2,1-2H3. The Labute approximate surface area is 130 Å². The molecule has 21 heavy (non-hydrogen) atoms. The van der Waals surface area contributed by atoms with Crippen LogP contribution in [0.5, 0.6) is 0 Å². The number of aldehydes is 1. The lowest BCUT2D eigenvalue weighted by Crippen LogP contribution is -2.49. The highest BCUT2D eigenvalue weighted by molar-refractivity contribution is 5.50. The van der Waals surface area contributed by atoms with Gasteiger partial charge in [-0.15, -0.1) is 0 Å². The van der Waals surface area contributed by atoms with E-state index in [9.17, 15) is 4.79 Å². The molecule has 1 heteroatoms. The third-order valence-corrected chi connectivity index (χ3v) is 8.60. The van der Waals surface area contributed by atoms with Crippen LogP contribution in [-0.2, 0) is 4.79 Å². The summed E-state index contributed by atoms with van der Waals surface area (Å²) in [5.41, 5.74) is 1.28.